The number of aryl methyl sites for hydroxylation is 3. The third kappa shape index (κ3) is 10.2. The lowest BCUT2D eigenvalue weighted by atomic mass is 10.2. The zero-order chi connectivity index (χ0) is 20.1. The van der Waals surface area contributed by atoms with Crippen molar-refractivity contribution in [1.29, 1.82) is 0 Å². The Morgan fingerprint density at radius 2 is 1.04 bits per heavy atom. The summed E-state index contributed by atoms with van der Waals surface area (Å²) in [4.78, 5) is 0. The lowest BCUT2D eigenvalue weighted by molar-refractivity contribution is 0.185. The van der Waals surface area contributed by atoms with Crippen LogP contribution in [0.15, 0.2) is 72.8 Å². The lowest BCUT2D eigenvalue weighted by Crippen LogP contribution is -1.85. The van der Waals surface area contributed by atoms with Gasteiger partial charge in [0.05, 0.1) is 13.7 Å². The van der Waals surface area contributed by atoms with Crippen LogP contribution in [0.1, 0.15) is 22.3 Å². The Hall–Kier alpha value is -2.65. The average molecular weight is 368 g/mol. The molecule has 0 N–H and O–H groups in total. The maximum Gasteiger partial charge on any atom is 0.123 e. The number of hydrogen-bond donors (Lipinski definition) is 0. The Labute approximate surface area is 162 Å². The molecule has 0 aliphatic heterocycles. The molecule has 0 fully saturated rings. The summed E-state index contributed by atoms with van der Waals surface area (Å²) in [6.45, 7) is 6.77. The normalized spacial score (nSPS) is 9.41. The molecule has 3 aromatic carbocycles. The van der Waals surface area contributed by atoms with Gasteiger partial charge < -0.3 is 9.47 Å². The highest BCUT2D eigenvalue weighted by atomic mass is 19.1. The van der Waals surface area contributed by atoms with E-state index in [0.29, 0.717) is 6.61 Å². The molecule has 0 aliphatic carbocycles. The zero-order valence-corrected chi connectivity index (χ0v) is 16.8. The molecule has 0 spiro atoms. The largest absolute Gasteiger partial charge is 0.497 e. The van der Waals surface area contributed by atoms with Crippen LogP contribution in [-0.4, -0.2) is 14.2 Å². The SMILES string of the molecule is COCc1ccc(C)cc1.COc1ccc(C)cc1.Cc1ccc(F)cc1. The minimum atomic E-state index is -0.171. The maximum absolute atomic E-state index is 12.1. The van der Waals surface area contributed by atoms with Crippen molar-refractivity contribution in [2.45, 2.75) is 27.4 Å². The van der Waals surface area contributed by atoms with Crippen molar-refractivity contribution in [3.05, 3.63) is 101 Å². The summed E-state index contributed by atoms with van der Waals surface area (Å²) >= 11 is 0. The summed E-state index contributed by atoms with van der Waals surface area (Å²) in [6, 6.07) is 22.7. The Morgan fingerprint density at radius 3 is 1.41 bits per heavy atom. The van der Waals surface area contributed by atoms with Gasteiger partial charge in [0.25, 0.3) is 0 Å². The van der Waals surface area contributed by atoms with Crippen LogP contribution < -0.4 is 4.74 Å². The molecule has 0 atom stereocenters. The maximum atomic E-state index is 12.1. The Bertz CT molecular complexity index is 727. The van der Waals surface area contributed by atoms with E-state index in [9.17, 15) is 4.39 Å². The van der Waals surface area contributed by atoms with Gasteiger partial charge in [-0.05, 0) is 50.6 Å². The molecule has 0 saturated heterocycles. The Balaban J connectivity index is 0.000000204. The summed E-state index contributed by atoms with van der Waals surface area (Å²) in [5, 5.41) is 0. The summed E-state index contributed by atoms with van der Waals surface area (Å²) in [5.74, 6) is 0.746. The highest BCUT2D eigenvalue weighted by Gasteiger charge is 1.88. The molecule has 0 aliphatic rings. The number of ether oxygens (including phenoxy) is 2. The summed E-state index contributed by atoms with van der Waals surface area (Å²) in [5.41, 5.74) is 4.87. The number of hydrogen-bond acceptors (Lipinski definition) is 2. The molecule has 3 aromatic rings. The van der Waals surface area contributed by atoms with Crippen molar-refractivity contribution in [2.75, 3.05) is 14.2 Å². The molecule has 0 amide bonds. The Kier molecular flexibility index (Phi) is 10.5. The van der Waals surface area contributed by atoms with Gasteiger partial charge >= 0.3 is 0 Å². The zero-order valence-electron chi connectivity index (χ0n) is 16.8. The predicted octanol–water partition coefficient (Wildman–Crippen LogP) is 6.28. The first-order valence-corrected chi connectivity index (χ1v) is 8.82. The molecule has 3 rings (SSSR count). The molecule has 27 heavy (non-hydrogen) atoms. The van der Waals surface area contributed by atoms with Crippen molar-refractivity contribution in [3.8, 4) is 5.75 Å². The van der Waals surface area contributed by atoms with Gasteiger partial charge in [0.1, 0.15) is 11.6 Å². The second-order valence-electron chi connectivity index (χ2n) is 6.23. The van der Waals surface area contributed by atoms with Crippen LogP contribution in [-0.2, 0) is 11.3 Å². The average Bonchev–Trinajstić information content (AvgIpc) is 2.68. The number of methoxy groups -OCH3 is 2. The van der Waals surface area contributed by atoms with Gasteiger partial charge in [-0.2, -0.15) is 0 Å². The highest BCUT2D eigenvalue weighted by molar-refractivity contribution is 5.26. The quantitative estimate of drug-likeness (QED) is 0.542. The first-order valence-electron chi connectivity index (χ1n) is 8.82. The summed E-state index contributed by atoms with van der Waals surface area (Å²) in [6.07, 6.45) is 0. The van der Waals surface area contributed by atoms with Crippen molar-refractivity contribution in [1.82, 2.24) is 0 Å². The second-order valence-corrected chi connectivity index (χ2v) is 6.23. The van der Waals surface area contributed by atoms with Gasteiger partial charge in [0.15, 0.2) is 0 Å². The van der Waals surface area contributed by atoms with Crippen LogP contribution in [0.4, 0.5) is 4.39 Å². The lowest BCUT2D eigenvalue weighted by Gasteiger charge is -1.98. The van der Waals surface area contributed by atoms with Gasteiger partial charge in [-0.3, -0.25) is 0 Å². The topological polar surface area (TPSA) is 18.5 Å². The molecule has 0 heterocycles. The Morgan fingerprint density at radius 1 is 0.630 bits per heavy atom. The smallest absolute Gasteiger partial charge is 0.123 e. The highest BCUT2D eigenvalue weighted by Crippen LogP contribution is 2.09. The van der Waals surface area contributed by atoms with Crippen LogP contribution in [0, 0.1) is 26.6 Å². The predicted molar refractivity (Wildman–Crippen MR) is 111 cm³/mol. The standard InChI is InChI=1S/C9H12O.C8H10O.C7H7F/c1-8-3-5-9(6-4-8)7-10-2;1-7-3-5-8(9-2)6-4-7;1-6-2-4-7(8)5-3-6/h3-6H,7H2,1-2H3;3-6H,1-2H3;2-5H,1H3. The molecule has 2 nitrogen and oxygen atoms in total. The van der Waals surface area contributed by atoms with Gasteiger partial charge in [0.2, 0.25) is 0 Å². The van der Waals surface area contributed by atoms with Gasteiger partial charge in [0, 0.05) is 7.11 Å². The molecule has 0 bridgehead atoms. The van der Waals surface area contributed by atoms with Crippen molar-refractivity contribution >= 4 is 0 Å². The third-order valence-electron chi connectivity index (χ3n) is 3.70. The fourth-order valence-electron chi connectivity index (χ4n) is 2.06. The molecular weight excluding hydrogens is 339 g/mol. The number of rotatable bonds is 3. The molecule has 0 aromatic heterocycles. The third-order valence-corrected chi connectivity index (χ3v) is 3.70. The molecule has 0 unspecified atom stereocenters. The minimum absolute atomic E-state index is 0.171. The molecule has 144 valence electrons. The minimum Gasteiger partial charge on any atom is -0.497 e. The van der Waals surface area contributed by atoms with E-state index in [1.165, 1.54) is 28.8 Å². The summed E-state index contributed by atoms with van der Waals surface area (Å²) < 4.78 is 22.0. The van der Waals surface area contributed by atoms with Crippen LogP contribution in [0.2, 0.25) is 0 Å². The van der Waals surface area contributed by atoms with E-state index in [4.69, 9.17) is 9.47 Å². The molecule has 0 saturated carbocycles. The van der Waals surface area contributed by atoms with E-state index in [1.54, 1.807) is 26.4 Å². The first-order chi connectivity index (χ1) is 12.9. The van der Waals surface area contributed by atoms with E-state index < -0.39 is 0 Å². The fourth-order valence-corrected chi connectivity index (χ4v) is 2.06. The molecule has 0 radical (unpaired) electrons. The monoisotopic (exact) mass is 368 g/mol. The number of halogens is 1. The van der Waals surface area contributed by atoms with Crippen molar-refractivity contribution in [3.63, 3.8) is 0 Å². The van der Waals surface area contributed by atoms with Gasteiger partial charge in [-0.15, -0.1) is 0 Å². The van der Waals surface area contributed by atoms with Crippen molar-refractivity contribution in [2.24, 2.45) is 0 Å². The van der Waals surface area contributed by atoms with Crippen LogP contribution in [0.3, 0.4) is 0 Å². The summed E-state index contributed by atoms with van der Waals surface area (Å²) in [7, 11) is 3.38. The first kappa shape index (κ1) is 22.4. The van der Waals surface area contributed by atoms with Gasteiger partial charge in [-0.25, -0.2) is 4.39 Å². The second kappa shape index (κ2) is 12.7. The van der Waals surface area contributed by atoms with E-state index in [-0.39, 0.29) is 5.82 Å². The molecular formula is C24H29FO2. The molecule has 3 heteroatoms. The van der Waals surface area contributed by atoms with Crippen LogP contribution >= 0.6 is 0 Å². The van der Waals surface area contributed by atoms with E-state index in [0.717, 1.165) is 11.3 Å². The van der Waals surface area contributed by atoms with Crippen molar-refractivity contribution < 1.29 is 13.9 Å². The fraction of sp³-hybridized carbons (Fsp3) is 0.250. The van der Waals surface area contributed by atoms with E-state index in [2.05, 4.69) is 38.1 Å². The van der Waals surface area contributed by atoms with Gasteiger partial charge in [-0.1, -0.05) is 65.2 Å². The van der Waals surface area contributed by atoms with Crippen LogP contribution in [0.25, 0.3) is 0 Å². The van der Waals surface area contributed by atoms with E-state index >= 15 is 0 Å². The van der Waals surface area contributed by atoms with E-state index in [1.807, 2.05) is 31.2 Å². The number of benzene rings is 3. The van der Waals surface area contributed by atoms with Crippen LogP contribution in [0.5, 0.6) is 5.75 Å².